The van der Waals surface area contributed by atoms with E-state index in [1.165, 1.54) is 4.88 Å². The highest BCUT2D eigenvalue weighted by atomic mass is 32.1. The minimum Gasteiger partial charge on any atom is -0.370 e. The van der Waals surface area contributed by atoms with Crippen LogP contribution in [0.15, 0.2) is 6.20 Å². The third-order valence-electron chi connectivity index (χ3n) is 2.68. The first-order valence-electron chi connectivity index (χ1n) is 6.34. The number of hydrogen-bond donors (Lipinski definition) is 2. The Morgan fingerprint density at radius 2 is 1.79 bits per heavy atom. The van der Waals surface area contributed by atoms with Gasteiger partial charge < -0.3 is 10.6 Å². The Labute approximate surface area is 117 Å². The second-order valence-corrected chi connectivity index (χ2v) is 5.66. The van der Waals surface area contributed by atoms with E-state index >= 15 is 0 Å². The van der Waals surface area contributed by atoms with Gasteiger partial charge in [-0.15, -0.1) is 11.3 Å². The van der Waals surface area contributed by atoms with Crippen LogP contribution in [0, 0.1) is 20.8 Å². The van der Waals surface area contributed by atoms with Crippen LogP contribution < -0.4 is 10.6 Å². The molecule has 0 saturated carbocycles. The number of thiazole rings is 1. The van der Waals surface area contributed by atoms with Crippen molar-refractivity contribution in [1.82, 2.24) is 15.0 Å². The number of anilines is 2. The van der Waals surface area contributed by atoms with Crippen LogP contribution in [0.25, 0.3) is 0 Å². The van der Waals surface area contributed by atoms with Gasteiger partial charge in [-0.2, -0.15) is 0 Å². The predicted molar refractivity (Wildman–Crippen MR) is 79.8 cm³/mol. The Morgan fingerprint density at radius 3 is 2.37 bits per heavy atom. The van der Waals surface area contributed by atoms with Gasteiger partial charge in [0.1, 0.15) is 22.5 Å². The standard InChI is InChI=1S/C13H19N5S/c1-5-14-12-9(3)13(18-10(4)17-12)16-7-11-15-6-8(2)19-11/h6H,5,7H2,1-4H3,(H2,14,16,17,18). The molecule has 0 spiro atoms. The summed E-state index contributed by atoms with van der Waals surface area (Å²) in [6, 6.07) is 0. The summed E-state index contributed by atoms with van der Waals surface area (Å²) in [7, 11) is 0. The van der Waals surface area contributed by atoms with E-state index in [9.17, 15) is 0 Å². The molecule has 19 heavy (non-hydrogen) atoms. The SMILES string of the molecule is CCNc1nc(C)nc(NCc2ncc(C)s2)c1C. The zero-order valence-corrected chi connectivity index (χ0v) is 12.6. The molecule has 0 aliphatic rings. The Morgan fingerprint density at radius 1 is 1.11 bits per heavy atom. The molecule has 0 unspecified atom stereocenters. The Balaban J connectivity index is 2.15. The van der Waals surface area contributed by atoms with Crippen LogP contribution in [0.1, 0.15) is 28.2 Å². The lowest BCUT2D eigenvalue weighted by Crippen LogP contribution is -2.09. The first-order chi connectivity index (χ1) is 9.10. The summed E-state index contributed by atoms with van der Waals surface area (Å²) in [5.41, 5.74) is 1.04. The van der Waals surface area contributed by atoms with Gasteiger partial charge in [-0.3, -0.25) is 0 Å². The molecular weight excluding hydrogens is 258 g/mol. The zero-order valence-electron chi connectivity index (χ0n) is 11.7. The average molecular weight is 277 g/mol. The van der Waals surface area contributed by atoms with Crippen molar-refractivity contribution in [1.29, 1.82) is 0 Å². The van der Waals surface area contributed by atoms with Gasteiger partial charge in [0, 0.05) is 23.2 Å². The molecule has 0 aliphatic heterocycles. The van der Waals surface area contributed by atoms with Crippen LogP contribution in [-0.2, 0) is 6.54 Å². The monoisotopic (exact) mass is 277 g/mol. The number of aryl methyl sites for hydroxylation is 2. The van der Waals surface area contributed by atoms with Gasteiger partial charge in [-0.25, -0.2) is 15.0 Å². The van der Waals surface area contributed by atoms with Gasteiger partial charge in [0.25, 0.3) is 0 Å². The summed E-state index contributed by atoms with van der Waals surface area (Å²) in [6.07, 6.45) is 1.89. The van der Waals surface area contributed by atoms with E-state index < -0.39 is 0 Å². The second-order valence-electron chi connectivity index (χ2n) is 4.34. The summed E-state index contributed by atoms with van der Waals surface area (Å²) in [4.78, 5) is 14.4. The first kappa shape index (κ1) is 13.7. The second kappa shape index (κ2) is 5.97. The molecule has 2 N–H and O–H groups in total. The van der Waals surface area contributed by atoms with Crippen molar-refractivity contribution >= 4 is 23.0 Å². The summed E-state index contributed by atoms with van der Waals surface area (Å²) < 4.78 is 0. The topological polar surface area (TPSA) is 62.7 Å². The molecule has 0 amide bonds. The van der Waals surface area contributed by atoms with E-state index in [1.807, 2.05) is 20.0 Å². The molecule has 0 radical (unpaired) electrons. The number of nitrogens with one attached hydrogen (secondary N) is 2. The van der Waals surface area contributed by atoms with E-state index in [0.29, 0.717) is 6.54 Å². The zero-order chi connectivity index (χ0) is 13.8. The molecule has 0 bridgehead atoms. The molecule has 2 aromatic heterocycles. The first-order valence-corrected chi connectivity index (χ1v) is 7.16. The van der Waals surface area contributed by atoms with Crippen LogP contribution in [0.3, 0.4) is 0 Å². The molecule has 5 nitrogen and oxygen atoms in total. The quantitative estimate of drug-likeness (QED) is 0.880. The van der Waals surface area contributed by atoms with Crippen LogP contribution in [0.4, 0.5) is 11.6 Å². The Hall–Kier alpha value is -1.69. The van der Waals surface area contributed by atoms with Crippen molar-refractivity contribution < 1.29 is 0 Å². The fraction of sp³-hybridized carbons (Fsp3) is 0.462. The van der Waals surface area contributed by atoms with E-state index in [1.54, 1.807) is 11.3 Å². The molecule has 6 heteroatoms. The maximum Gasteiger partial charge on any atom is 0.135 e. The number of rotatable bonds is 5. The third kappa shape index (κ3) is 3.41. The van der Waals surface area contributed by atoms with Gasteiger partial charge >= 0.3 is 0 Å². The maximum absolute atomic E-state index is 4.45. The lowest BCUT2D eigenvalue weighted by atomic mass is 10.3. The van der Waals surface area contributed by atoms with Crippen molar-refractivity contribution in [3.8, 4) is 0 Å². The van der Waals surface area contributed by atoms with Gasteiger partial charge in [0.2, 0.25) is 0 Å². The van der Waals surface area contributed by atoms with Crippen LogP contribution in [0.2, 0.25) is 0 Å². The normalized spacial score (nSPS) is 10.5. The molecule has 0 fully saturated rings. The number of nitrogens with zero attached hydrogens (tertiary/aromatic N) is 3. The molecule has 0 aliphatic carbocycles. The largest absolute Gasteiger partial charge is 0.370 e. The lowest BCUT2D eigenvalue weighted by molar-refractivity contribution is 0.988. The highest BCUT2D eigenvalue weighted by Gasteiger charge is 2.09. The summed E-state index contributed by atoms with van der Waals surface area (Å²) >= 11 is 1.70. The summed E-state index contributed by atoms with van der Waals surface area (Å²) in [6.45, 7) is 9.59. The summed E-state index contributed by atoms with van der Waals surface area (Å²) in [5.74, 6) is 2.53. The van der Waals surface area contributed by atoms with Crippen molar-refractivity contribution in [2.75, 3.05) is 17.2 Å². The Kier molecular flexibility index (Phi) is 4.31. The van der Waals surface area contributed by atoms with Crippen LogP contribution >= 0.6 is 11.3 Å². The third-order valence-corrected chi connectivity index (χ3v) is 3.59. The van der Waals surface area contributed by atoms with E-state index in [-0.39, 0.29) is 0 Å². The highest BCUT2D eigenvalue weighted by molar-refractivity contribution is 7.11. The van der Waals surface area contributed by atoms with E-state index in [0.717, 1.165) is 34.6 Å². The molecule has 2 rings (SSSR count). The van der Waals surface area contributed by atoms with Gasteiger partial charge in [-0.1, -0.05) is 0 Å². The maximum atomic E-state index is 4.45. The molecule has 0 aromatic carbocycles. The number of aromatic nitrogens is 3. The van der Waals surface area contributed by atoms with Crippen LogP contribution in [0.5, 0.6) is 0 Å². The van der Waals surface area contributed by atoms with E-state index in [4.69, 9.17) is 0 Å². The predicted octanol–water partition coefficient (Wildman–Crippen LogP) is 2.90. The fourth-order valence-corrected chi connectivity index (χ4v) is 2.51. The van der Waals surface area contributed by atoms with E-state index in [2.05, 4.69) is 39.4 Å². The Bertz CT molecular complexity index is 564. The van der Waals surface area contributed by atoms with Crippen molar-refractivity contribution in [2.24, 2.45) is 0 Å². The van der Waals surface area contributed by atoms with Gasteiger partial charge in [-0.05, 0) is 27.7 Å². The van der Waals surface area contributed by atoms with Crippen LogP contribution in [-0.4, -0.2) is 21.5 Å². The smallest absolute Gasteiger partial charge is 0.135 e. The summed E-state index contributed by atoms with van der Waals surface area (Å²) in [5, 5.41) is 7.66. The van der Waals surface area contributed by atoms with Gasteiger partial charge in [0.05, 0.1) is 6.54 Å². The molecular formula is C13H19N5S. The fourth-order valence-electron chi connectivity index (χ4n) is 1.78. The van der Waals surface area contributed by atoms with Gasteiger partial charge in [0.15, 0.2) is 0 Å². The van der Waals surface area contributed by atoms with Crippen molar-refractivity contribution in [3.05, 3.63) is 27.5 Å². The molecule has 2 aromatic rings. The van der Waals surface area contributed by atoms with Crippen molar-refractivity contribution in [3.63, 3.8) is 0 Å². The molecule has 0 atom stereocenters. The highest BCUT2D eigenvalue weighted by Crippen LogP contribution is 2.21. The minimum atomic E-state index is 0.696. The molecule has 2 heterocycles. The molecule has 102 valence electrons. The minimum absolute atomic E-state index is 0.696. The van der Waals surface area contributed by atoms with Crippen molar-refractivity contribution in [2.45, 2.75) is 34.2 Å². The average Bonchev–Trinajstić information content (AvgIpc) is 2.78. The lowest BCUT2D eigenvalue weighted by Gasteiger charge is -2.12. The molecule has 0 saturated heterocycles. The number of hydrogen-bond acceptors (Lipinski definition) is 6.